The predicted molar refractivity (Wildman–Crippen MR) is 109 cm³/mol. The summed E-state index contributed by atoms with van der Waals surface area (Å²) in [6.07, 6.45) is 1.80. The van der Waals surface area contributed by atoms with Crippen LogP contribution in [0.3, 0.4) is 0 Å². The Morgan fingerprint density at radius 1 is 1.16 bits per heavy atom. The van der Waals surface area contributed by atoms with Gasteiger partial charge in [0.15, 0.2) is 17.1 Å². The Balaban J connectivity index is 2.33. The third-order valence-electron chi connectivity index (χ3n) is 4.43. The number of aromatic nitrogens is 1. The van der Waals surface area contributed by atoms with E-state index in [1.54, 1.807) is 31.2 Å². The van der Waals surface area contributed by atoms with Crippen molar-refractivity contribution in [2.75, 3.05) is 13.7 Å². The first-order valence-electron chi connectivity index (χ1n) is 9.18. The molecule has 0 atom stereocenters. The number of nitrogens with zero attached hydrogens (tertiary/aromatic N) is 1. The second-order valence-corrected chi connectivity index (χ2v) is 7.80. The molecule has 0 aliphatic carbocycles. The molecule has 0 amide bonds. The number of fused-ring (bicyclic) bond motifs is 1. The quantitative estimate of drug-likeness (QED) is 0.498. The van der Waals surface area contributed by atoms with Crippen molar-refractivity contribution in [1.82, 2.24) is 4.57 Å². The fourth-order valence-electron chi connectivity index (χ4n) is 3.04. The van der Waals surface area contributed by atoms with E-state index in [0.717, 1.165) is 10.6 Å². The molecule has 0 fully saturated rings. The number of hydrogen-bond donors (Lipinski definition) is 2. The number of rotatable bonds is 8. The van der Waals surface area contributed by atoms with Gasteiger partial charge in [-0.2, -0.15) is 0 Å². The normalized spacial score (nSPS) is 11.7. The highest BCUT2D eigenvalue weighted by Crippen LogP contribution is 2.38. The minimum Gasteiger partial charge on any atom is -0.497 e. The van der Waals surface area contributed by atoms with Crippen LogP contribution < -0.4 is 14.9 Å². The van der Waals surface area contributed by atoms with Crippen LogP contribution in [0.5, 0.6) is 11.5 Å². The van der Waals surface area contributed by atoms with E-state index in [4.69, 9.17) is 19.3 Å². The van der Waals surface area contributed by atoms with E-state index >= 15 is 0 Å². The molecule has 0 aliphatic heterocycles. The van der Waals surface area contributed by atoms with Crippen molar-refractivity contribution >= 4 is 18.7 Å². The van der Waals surface area contributed by atoms with Crippen LogP contribution in [-0.2, 0) is 15.8 Å². The van der Waals surface area contributed by atoms with E-state index in [-0.39, 0.29) is 23.4 Å². The first-order valence-corrected chi connectivity index (χ1v) is 10.7. The lowest BCUT2D eigenvalue weighted by atomic mass is 10.0. The Morgan fingerprint density at radius 3 is 2.42 bits per heavy atom. The van der Waals surface area contributed by atoms with Gasteiger partial charge in [-0.1, -0.05) is 19.1 Å². The van der Waals surface area contributed by atoms with Gasteiger partial charge in [0.25, 0.3) is 0 Å². The third kappa shape index (κ3) is 4.94. The molecular formula is C20H20F2NO7P. The van der Waals surface area contributed by atoms with Crippen LogP contribution in [0, 0.1) is 11.6 Å². The molecule has 11 heteroatoms. The van der Waals surface area contributed by atoms with Gasteiger partial charge in [-0.05, 0) is 24.1 Å². The molecule has 2 aromatic carbocycles. The van der Waals surface area contributed by atoms with Crippen molar-refractivity contribution in [3.05, 3.63) is 58.4 Å². The summed E-state index contributed by atoms with van der Waals surface area (Å²) in [6.45, 7) is 1.21. The molecular weight excluding hydrogens is 435 g/mol. The first kappa shape index (κ1) is 22.9. The highest BCUT2D eigenvalue weighted by Gasteiger charge is 2.23. The molecule has 3 aromatic rings. The van der Waals surface area contributed by atoms with Gasteiger partial charge in [-0.15, -0.1) is 0 Å². The van der Waals surface area contributed by atoms with Crippen LogP contribution in [-0.4, -0.2) is 28.1 Å². The van der Waals surface area contributed by atoms with E-state index in [1.165, 1.54) is 13.3 Å². The van der Waals surface area contributed by atoms with Gasteiger partial charge in [-0.3, -0.25) is 9.32 Å². The van der Waals surface area contributed by atoms with Crippen LogP contribution in [0.4, 0.5) is 8.78 Å². The lowest BCUT2D eigenvalue weighted by molar-refractivity contribution is 0.155. The van der Waals surface area contributed by atoms with Crippen molar-refractivity contribution in [2.24, 2.45) is 0 Å². The number of halogens is 2. The molecule has 3 rings (SSSR count). The van der Waals surface area contributed by atoms with E-state index in [0.29, 0.717) is 17.7 Å². The molecule has 0 saturated carbocycles. The zero-order valence-corrected chi connectivity index (χ0v) is 17.6. The smallest absolute Gasteiger partial charge is 0.471 e. The van der Waals surface area contributed by atoms with Gasteiger partial charge >= 0.3 is 7.82 Å². The Bertz CT molecular complexity index is 1210. The molecule has 166 valence electrons. The summed E-state index contributed by atoms with van der Waals surface area (Å²) in [7, 11) is -3.43. The molecule has 2 N–H and O–H groups in total. The van der Waals surface area contributed by atoms with Crippen molar-refractivity contribution in [2.45, 2.75) is 20.1 Å². The topological polar surface area (TPSA) is 107 Å². The maximum absolute atomic E-state index is 14.8. The number of ether oxygens (including phenoxy) is 2. The second-order valence-electron chi connectivity index (χ2n) is 6.56. The average molecular weight is 455 g/mol. The van der Waals surface area contributed by atoms with Crippen LogP contribution in [0.25, 0.3) is 22.0 Å². The number of phosphoric ester groups is 1. The molecule has 0 radical (unpaired) electrons. The fraction of sp³-hybridized carbons (Fsp3) is 0.250. The second kappa shape index (κ2) is 9.15. The monoisotopic (exact) mass is 455 g/mol. The highest BCUT2D eigenvalue weighted by molar-refractivity contribution is 7.46. The molecule has 8 nitrogen and oxygen atoms in total. The Labute approximate surface area is 175 Å². The molecule has 0 spiro atoms. The van der Waals surface area contributed by atoms with Crippen LogP contribution in [0.2, 0.25) is 0 Å². The SMILES string of the molecule is CCCOc1cc(F)c(F)c2c(=O)c(-c3ccc(OC)cc3)cn(COP(=O)(O)O)c12. The standard InChI is InChI=1S/C20H20F2NO7P/c1-3-8-29-16-9-15(21)18(22)17-19(16)23(11-30-31(25,26)27)10-14(20(17)24)12-4-6-13(28-2)7-5-12/h4-7,9-10H,3,8,11H2,1-2H3,(H2,25,26,27). The molecule has 0 aliphatic rings. The minimum atomic E-state index is -4.90. The third-order valence-corrected chi connectivity index (χ3v) is 4.88. The van der Waals surface area contributed by atoms with E-state index < -0.39 is 37.0 Å². The van der Waals surface area contributed by atoms with Crippen molar-refractivity contribution in [3.63, 3.8) is 0 Å². The fourth-order valence-corrected chi connectivity index (χ4v) is 3.31. The first-order chi connectivity index (χ1) is 14.7. The zero-order chi connectivity index (χ0) is 22.8. The average Bonchev–Trinajstić information content (AvgIpc) is 2.73. The number of benzene rings is 2. The van der Waals surface area contributed by atoms with E-state index in [2.05, 4.69) is 4.52 Å². The Hall–Kier alpha value is -2.78. The largest absolute Gasteiger partial charge is 0.497 e. The van der Waals surface area contributed by atoms with Crippen molar-refractivity contribution in [3.8, 4) is 22.6 Å². The molecule has 1 heterocycles. The maximum Gasteiger partial charge on any atom is 0.471 e. The van der Waals surface area contributed by atoms with Gasteiger partial charge < -0.3 is 23.8 Å². The number of hydrogen-bond acceptors (Lipinski definition) is 5. The summed E-state index contributed by atoms with van der Waals surface area (Å²) < 4.78 is 56.5. The van der Waals surface area contributed by atoms with Crippen molar-refractivity contribution < 1.29 is 37.1 Å². The minimum absolute atomic E-state index is 0.0320. The van der Waals surface area contributed by atoms with Gasteiger partial charge in [0, 0.05) is 17.8 Å². The van der Waals surface area contributed by atoms with Gasteiger partial charge in [0.1, 0.15) is 18.2 Å². The van der Waals surface area contributed by atoms with Gasteiger partial charge in [0.05, 0.1) is 24.6 Å². The van der Waals surface area contributed by atoms with E-state index in [1.807, 2.05) is 0 Å². The lowest BCUT2D eigenvalue weighted by Gasteiger charge is -2.18. The van der Waals surface area contributed by atoms with Crippen molar-refractivity contribution in [1.29, 1.82) is 0 Å². The molecule has 0 bridgehead atoms. The van der Waals surface area contributed by atoms with Crippen LogP contribution >= 0.6 is 7.82 Å². The molecule has 31 heavy (non-hydrogen) atoms. The molecule has 1 aromatic heterocycles. The van der Waals surface area contributed by atoms with Crippen LogP contribution in [0.1, 0.15) is 13.3 Å². The Morgan fingerprint density at radius 2 is 1.84 bits per heavy atom. The summed E-state index contributed by atoms with van der Waals surface area (Å²) in [5.41, 5.74) is -0.665. The summed E-state index contributed by atoms with van der Waals surface area (Å²) in [5, 5.41) is -0.617. The number of phosphoric acid groups is 1. The molecule has 0 unspecified atom stereocenters. The summed E-state index contributed by atoms with van der Waals surface area (Å²) in [6, 6.07) is 7.02. The summed E-state index contributed by atoms with van der Waals surface area (Å²) in [4.78, 5) is 31.3. The zero-order valence-electron chi connectivity index (χ0n) is 16.7. The number of pyridine rings is 1. The predicted octanol–water partition coefficient (Wildman–Crippen LogP) is 3.81. The van der Waals surface area contributed by atoms with Gasteiger partial charge in [0.2, 0.25) is 0 Å². The maximum atomic E-state index is 14.8. The highest BCUT2D eigenvalue weighted by atomic mass is 31.2. The van der Waals surface area contributed by atoms with Crippen LogP contribution in [0.15, 0.2) is 41.3 Å². The Kier molecular flexibility index (Phi) is 6.76. The molecule has 0 saturated heterocycles. The van der Waals surface area contributed by atoms with E-state index in [9.17, 15) is 18.1 Å². The summed E-state index contributed by atoms with van der Waals surface area (Å²) in [5.74, 6) is -2.32. The summed E-state index contributed by atoms with van der Waals surface area (Å²) >= 11 is 0. The lowest BCUT2D eigenvalue weighted by Crippen LogP contribution is -2.16. The van der Waals surface area contributed by atoms with Gasteiger partial charge in [-0.25, -0.2) is 13.3 Å². The number of methoxy groups -OCH3 is 1.